The summed E-state index contributed by atoms with van der Waals surface area (Å²) >= 11 is 0. The summed E-state index contributed by atoms with van der Waals surface area (Å²) in [5.74, 6) is 1.90. The van der Waals surface area contributed by atoms with Gasteiger partial charge in [0.1, 0.15) is 23.8 Å². The van der Waals surface area contributed by atoms with Crippen molar-refractivity contribution in [1.29, 1.82) is 0 Å². The molecule has 0 radical (unpaired) electrons. The first-order chi connectivity index (χ1) is 39.5. The van der Waals surface area contributed by atoms with Crippen molar-refractivity contribution in [3.63, 3.8) is 0 Å². The van der Waals surface area contributed by atoms with Gasteiger partial charge in [0.05, 0.1) is 33.8 Å². The zero-order valence-corrected chi connectivity index (χ0v) is 44.3. The van der Waals surface area contributed by atoms with Crippen LogP contribution in [-0.2, 0) is 0 Å². The number of benzene rings is 11. The van der Waals surface area contributed by atoms with Gasteiger partial charge in [-0.15, -0.1) is 0 Å². The molecule has 0 bridgehead atoms. The fraction of sp³-hybridized carbons (Fsp3) is 0.0533. The number of hydrogen-bond donors (Lipinski definition) is 0. The van der Waals surface area contributed by atoms with Crippen LogP contribution in [0.1, 0.15) is 25.3 Å². The Morgan fingerprint density at radius 2 is 0.925 bits per heavy atom. The molecule has 14 aromatic rings. The average Bonchev–Trinajstić information content (AvgIpc) is 3.82. The Bertz CT molecular complexity index is 4830. The Kier molecular flexibility index (Phi) is 10.4. The lowest BCUT2D eigenvalue weighted by molar-refractivity contribution is 0.483. The molecule has 0 atom stereocenters. The van der Waals surface area contributed by atoms with Crippen LogP contribution < -0.4 is 14.5 Å². The van der Waals surface area contributed by atoms with Crippen molar-refractivity contribution in [2.45, 2.75) is 19.8 Å². The molecule has 378 valence electrons. The van der Waals surface area contributed by atoms with Crippen molar-refractivity contribution in [3.05, 3.63) is 267 Å². The normalized spacial score (nSPS) is 12.6. The van der Waals surface area contributed by atoms with E-state index in [0.717, 1.165) is 72.0 Å². The second-order valence-electron chi connectivity index (χ2n) is 21.6. The predicted molar refractivity (Wildman–Crippen MR) is 335 cm³/mol. The number of rotatable bonds is 7. The van der Waals surface area contributed by atoms with Gasteiger partial charge in [-0.2, -0.15) is 0 Å². The maximum absolute atomic E-state index is 7.19. The van der Waals surface area contributed by atoms with Crippen LogP contribution in [0.4, 0.5) is 22.7 Å². The van der Waals surface area contributed by atoms with Crippen LogP contribution in [0, 0.1) is 0 Å². The number of para-hydroxylation sites is 3. The van der Waals surface area contributed by atoms with Crippen molar-refractivity contribution >= 4 is 82.5 Å². The highest BCUT2D eigenvalue weighted by atomic mass is 16.5. The van der Waals surface area contributed by atoms with Crippen molar-refractivity contribution in [2.24, 2.45) is 0 Å². The van der Waals surface area contributed by atoms with Gasteiger partial charge in [-0.25, -0.2) is 4.98 Å². The number of anilines is 4. The first-order valence-corrected chi connectivity index (χ1v) is 27.7. The molecule has 5 heteroatoms. The average molecular weight is 1030 g/mol. The van der Waals surface area contributed by atoms with Crippen LogP contribution in [0.3, 0.4) is 0 Å². The third kappa shape index (κ3) is 7.07. The molecule has 16 rings (SSSR count). The van der Waals surface area contributed by atoms with E-state index in [1.165, 1.54) is 83.2 Å². The van der Waals surface area contributed by atoms with Crippen LogP contribution in [0.5, 0.6) is 11.5 Å². The molecule has 0 saturated carbocycles. The summed E-state index contributed by atoms with van der Waals surface area (Å²) < 4.78 is 9.58. The van der Waals surface area contributed by atoms with E-state index in [1.54, 1.807) is 0 Å². The minimum Gasteiger partial charge on any atom is -0.457 e. The highest BCUT2D eigenvalue weighted by Gasteiger charge is 2.37. The fourth-order valence-corrected chi connectivity index (χ4v) is 13.2. The summed E-state index contributed by atoms with van der Waals surface area (Å²) in [6.07, 6.45) is 1.93. The zero-order chi connectivity index (χ0) is 53.0. The molecule has 2 aliphatic rings. The Morgan fingerprint density at radius 1 is 0.375 bits per heavy atom. The molecule has 0 aliphatic carbocycles. The summed E-state index contributed by atoms with van der Waals surface area (Å²) in [5.41, 5.74) is 20.9. The van der Waals surface area contributed by atoms with E-state index in [-0.39, 0.29) is 0 Å². The number of ether oxygens (including phenoxy) is 1. The minimum absolute atomic E-state index is 0.404. The van der Waals surface area contributed by atoms with Crippen LogP contribution in [0.15, 0.2) is 261 Å². The van der Waals surface area contributed by atoms with E-state index in [4.69, 9.17) is 9.72 Å². The van der Waals surface area contributed by atoms with Crippen LogP contribution >= 0.6 is 0 Å². The Balaban J connectivity index is 0.891. The minimum atomic E-state index is 0.404. The van der Waals surface area contributed by atoms with Gasteiger partial charge >= 0.3 is 0 Å². The molecular weight excluding hydrogens is 973 g/mol. The summed E-state index contributed by atoms with van der Waals surface area (Å²) in [5, 5.41) is 9.22. The molecule has 2 aliphatic heterocycles. The van der Waals surface area contributed by atoms with Gasteiger partial charge < -0.3 is 14.5 Å². The van der Waals surface area contributed by atoms with Gasteiger partial charge in [-0.05, 0) is 109 Å². The van der Waals surface area contributed by atoms with E-state index < -0.39 is 0 Å². The molecule has 11 aromatic carbocycles. The van der Waals surface area contributed by atoms with Gasteiger partial charge in [-0.3, -0.25) is 4.40 Å². The molecular formula is C75H52N4O. The summed E-state index contributed by atoms with van der Waals surface area (Å²) in [6, 6.07) is 93.1. The molecule has 0 fully saturated rings. The predicted octanol–water partition coefficient (Wildman–Crippen LogP) is 20.5. The van der Waals surface area contributed by atoms with Crippen molar-refractivity contribution < 1.29 is 4.74 Å². The number of hydrogen-bond acceptors (Lipinski definition) is 4. The zero-order valence-electron chi connectivity index (χ0n) is 44.3. The lowest BCUT2D eigenvalue weighted by Gasteiger charge is -2.28. The Labute approximate surface area is 464 Å². The SMILES string of the molecule is CC(C)c1cccc(-c2cccc3c4cccc5c6ccc(Oc7ccc8c(c7)N7CN(c9c(-c%10ccccc%10)cccc9-c9ccccc9)c9cccc(c97)-c7ccccc7-8)cc6n(c6ncccc6c6ccccc6c23)c45)c1. The first-order valence-electron chi connectivity index (χ1n) is 27.7. The second kappa shape index (κ2) is 18.2. The molecule has 0 unspecified atom stereocenters. The van der Waals surface area contributed by atoms with Gasteiger partial charge in [0.25, 0.3) is 0 Å². The molecule has 0 amide bonds. The summed E-state index contributed by atoms with van der Waals surface area (Å²) in [7, 11) is 0. The molecule has 5 heterocycles. The lowest BCUT2D eigenvalue weighted by Crippen LogP contribution is -2.25. The quantitative estimate of drug-likeness (QED) is 0.159. The highest BCUT2D eigenvalue weighted by Crippen LogP contribution is 2.58. The highest BCUT2D eigenvalue weighted by molar-refractivity contribution is 6.27. The van der Waals surface area contributed by atoms with Crippen LogP contribution in [0.25, 0.3) is 115 Å². The summed E-state index contributed by atoms with van der Waals surface area (Å²) in [4.78, 5) is 10.3. The topological polar surface area (TPSA) is 33.0 Å². The van der Waals surface area contributed by atoms with Gasteiger partial charge in [0, 0.05) is 62.1 Å². The standard InChI is InChI=1S/C75H52N4O/c1-47(2)50-23-13-24-51(43-50)54-29-14-32-63-66-34-16-33-65-61-41-39-53(45-70(61)79(73(65)66)75-67(36-18-42-76-75)59-27-11-12-28-62(59)71(54)63)80-52-38-40-60-57-25-9-10-26-58(57)64-35-17-37-68-74(64)78(69(60)44-52)46-77(68)72-55(48-19-5-3-6-20-48)30-15-31-56(72)49-21-7-4-8-22-49/h3-45,47H,46H2,1-2H3. The number of nitrogens with zero attached hydrogens (tertiary/aromatic N) is 4. The largest absolute Gasteiger partial charge is 0.457 e. The number of fused-ring (bicyclic) bond motifs is 15. The van der Waals surface area contributed by atoms with Crippen molar-refractivity contribution in [2.75, 3.05) is 16.5 Å². The molecule has 0 spiro atoms. The Hall–Kier alpha value is -10.2. The fourth-order valence-electron chi connectivity index (χ4n) is 13.2. The lowest BCUT2D eigenvalue weighted by atomic mass is 9.91. The van der Waals surface area contributed by atoms with Crippen molar-refractivity contribution in [3.8, 4) is 67.1 Å². The van der Waals surface area contributed by atoms with Crippen LogP contribution in [-0.4, -0.2) is 16.1 Å². The first kappa shape index (κ1) is 45.9. The molecule has 80 heavy (non-hydrogen) atoms. The summed E-state index contributed by atoms with van der Waals surface area (Å²) in [6.45, 7) is 5.13. The number of aromatic nitrogens is 2. The van der Waals surface area contributed by atoms with Crippen molar-refractivity contribution in [1.82, 2.24) is 9.38 Å². The maximum atomic E-state index is 7.19. The van der Waals surface area contributed by atoms with E-state index in [9.17, 15) is 0 Å². The molecule has 0 N–H and O–H groups in total. The smallest absolute Gasteiger partial charge is 0.145 e. The number of pyridine rings is 1. The molecule has 5 nitrogen and oxygen atoms in total. The maximum Gasteiger partial charge on any atom is 0.145 e. The van der Waals surface area contributed by atoms with Gasteiger partial charge in [0.15, 0.2) is 0 Å². The van der Waals surface area contributed by atoms with E-state index in [1.807, 2.05) is 6.20 Å². The van der Waals surface area contributed by atoms with E-state index >= 15 is 0 Å². The second-order valence-corrected chi connectivity index (χ2v) is 21.6. The van der Waals surface area contributed by atoms with Gasteiger partial charge in [0.2, 0.25) is 0 Å². The van der Waals surface area contributed by atoms with Gasteiger partial charge in [-0.1, -0.05) is 214 Å². The Morgan fingerprint density at radius 3 is 1.71 bits per heavy atom. The molecule has 0 saturated heterocycles. The van der Waals surface area contributed by atoms with Crippen LogP contribution in [0.2, 0.25) is 0 Å². The third-order valence-corrected chi connectivity index (χ3v) is 16.8. The monoisotopic (exact) mass is 1020 g/mol. The third-order valence-electron chi connectivity index (χ3n) is 16.8. The van der Waals surface area contributed by atoms with E-state index in [0.29, 0.717) is 12.6 Å². The molecule has 3 aromatic heterocycles. The van der Waals surface area contributed by atoms with E-state index in [2.05, 4.69) is 283 Å².